The minimum atomic E-state index is -5.08. The number of nitrogens with one attached hydrogen (secondary N) is 2. The summed E-state index contributed by atoms with van der Waals surface area (Å²) in [6.45, 7) is 4.08. The van der Waals surface area contributed by atoms with E-state index < -0.39 is 12.1 Å². The third-order valence-corrected chi connectivity index (χ3v) is 5.15. The number of thiazole rings is 1. The van der Waals surface area contributed by atoms with Crippen molar-refractivity contribution in [3.63, 3.8) is 0 Å². The summed E-state index contributed by atoms with van der Waals surface area (Å²) in [5.74, 6) is -2.76. The predicted molar refractivity (Wildman–Crippen MR) is 98.4 cm³/mol. The van der Waals surface area contributed by atoms with Crippen molar-refractivity contribution in [1.29, 1.82) is 0 Å². The van der Waals surface area contributed by atoms with E-state index in [2.05, 4.69) is 20.5 Å². The summed E-state index contributed by atoms with van der Waals surface area (Å²) in [5.41, 5.74) is 3.93. The lowest BCUT2D eigenvalue weighted by molar-refractivity contribution is -0.192. The predicted octanol–water partition coefficient (Wildman–Crippen LogP) is 2.71. The van der Waals surface area contributed by atoms with Crippen LogP contribution in [0.2, 0.25) is 0 Å². The van der Waals surface area contributed by atoms with Gasteiger partial charge in [0.2, 0.25) is 0 Å². The van der Waals surface area contributed by atoms with E-state index in [0.29, 0.717) is 32.3 Å². The van der Waals surface area contributed by atoms with Crippen molar-refractivity contribution in [3.05, 3.63) is 33.0 Å². The van der Waals surface area contributed by atoms with Gasteiger partial charge < -0.3 is 20.1 Å². The normalized spacial score (nSPS) is 15.4. The summed E-state index contributed by atoms with van der Waals surface area (Å²) >= 11 is 1.62. The number of alkyl halides is 3. The van der Waals surface area contributed by atoms with Crippen molar-refractivity contribution in [3.8, 4) is 0 Å². The summed E-state index contributed by atoms with van der Waals surface area (Å²) in [4.78, 5) is 27.2. The minimum Gasteiger partial charge on any atom is -0.475 e. The van der Waals surface area contributed by atoms with Gasteiger partial charge in [-0.2, -0.15) is 18.3 Å². The molecule has 0 saturated heterocycles. The van der Waals surface area contributed by atoms with Crippen LogP contribution in [0.5, 0.6) is 0 Å². The van der Waals surface area contributed by atoms with Gasteiger partial charge in [0.1, 0.15) is 0 Å². The molecule has 2 aromatic heterocycles. The first-order valence-corrected chi connectivity index (χ1v) is 9.90. The van der Waals surface area contributed by atoms with Gasteiger partial charge in [0.25, 0.3) is 0 Å². The van der Waals surface area contributed by atoms with E-state index in [0.717, 1.165) is 40.5 Å². The van der Waals surface area contributed by atoms with Gasteiger partial charge in [0, 0.05) is 17.0 Å². The van der Waals surface area contributed by atoms with Crippen molar-refractivity contribution >= 4 is 23.3 Å². The molecule has 2 aliphatic rings. The van der Waals surface area contributed by atoms with Crippen LogP contribution >= 0.6 is 11.3 Å². The molecule has 9 nitrogen and oxygen atoms in total. The number of carboxylic acid groups (broad SMARTS) is 1. The number of carbonyl (C=O) groups is 2. The van der Waals surface area contributed by atoms with Crippen LogP contribution in [-0.2, 0) is 35.8 Å². The number of carboxylic acids is 1. The van der Waals surface area contributed by atoms with E-state index in [1.165, 1.54) is 0 Å². The molecular weight excluding hydrogens is 427 g/mol. The molecule has 3 N–H and O–H groups in total. The summed E-state index contributed by atoms with van der Waals surface area (Å²) in [6.07, 6.45) is -2.89. The van der Waals surface area contributed by atoms with Crippen LogP contribution in [0.3, 0.4) is 0 Å². The summed E-state index contributed by atoms with van der Waals surface area (Å²) < 4.78 is 37.5. The maximum Gasteiger partial charge on any atom is 0.490 e. The maximum atomic E-state index is 12.1. The molecule has 0 atom stereocenters. The van der Waals surface area contributed by atoms with Crippen LogP contribution in [-0.4, -0.2) is 49.4 Å². The number of rotatable bonds is 5. The highest BCUT2D eigenvalue weighted by Crippen LogP contribution is 2.26. The number of ether oxygens (including phenoxy) is 1. The topological polar surface area (TPSA) is 120 Å². The van der Waals surface area contributed by atoms with Crippen LogP contribution in [0.15, 0.2) is 5.38 Å². The van der Waals surface area contributed by atoms with Crippen LogP contribution in [0.1, 0.15) is 40.5 Å². The van der Waals surface area contributed by atoms with Gasteiger partial charge in [-0.05, 0) is 19.8 Å². The number of carbonyl (C=O) groups excluding carboxylic acids is 1. The quantitative estimate of drug-likeness (QED) is 0.648. The van der Waals surface area contributed by atoms with Crippen molar-refractivity contribution < 1.29 is 32.6 Å². The Morgan fingerprint density at radius 1 is 1.37 bits per heavy atom. The number of aromatic amines is 1. The average Bonchev–Trinajstić information content (AvgIpc) is 3.05. The Morgan fingerprint density at radius 3 is 2.63 bits per heavy atom. The van der Waals surface area contributed by atoms with Crippen molar-refractivity contribution in [2.75, 3.05) is 0 Å². The number of aryl methyl sites for hydroxylation is 1. The first kappa shape index (κ1) is 22.0. The van der Waals surface area contributed by atoms with E-state index in [9.17, 15) is 18.0 Å². The molecule has 1 aliphatic heterocycles. The third kappa shape index (κ3) is 5.92. The molecule has 4 rings (SSSR count). The standard InChI is InChI=1S/C15H19N5O2S.C2HF3O2/c1-9-16-11(8-23-9)6-22-7-14-12-4-20(5-13(12)18-19-14)15(21)17-10-2-3-10;3-2(4,5)1(6)7/h8,10H,2-7H2,1H3,(H,17,21)(H,18,19);(H,6,7). The molecule has 1 fully saturated rings. The molecule has 0 unspecified atom stereocenters. The van der Waals surface area contributed by atoms with Crippen molar-refractivity contribution in [2.45, 2.75) is 58.3 Å². The second-order valence-electron chi connectivity index (χ2n) is 6.86. The van der Waals surface area contributed by atoms with Crippen LogP contribution < -0.4 is 5.32 Å². The maximum absolute atomic E-state index is 12.1. The summed E-state index contributed by atoms with van der Waals surface area (Å²) in [5, 5.41) is 20.5. The smallest absolute Gasteiger partial charge is 0.475 e. The van der Waals surface area contributed by atoms with E-state index in [-0.39, 0.29) is 6.03 Å². The van der Waals surface area contributed by atoms with Crippen LogP contribution in [0.4, 0.5) is 18.0 Å². The summed E-state index contributed by atoms with van der Waals surface area (Å²) in [7, 11) is 0. The van der Waals surface area contributed by atoms with E-state index in [4.69, 9.17) is 14.6 Å². The number of aromatic nitrogens is 3. The Morgan fingerprint density at radius 2 is 2.07 bits per heavy atom. The number of aliphatic carboxylic acids is 1. The minimum absolute atomic E-state index is 0.0157. The second-order valence-corrected chi connectivity index (χ2v) is 7.92. The summed E-state index contributed by atoms with van der Waals surface area (Å²) in [6, 6.07) is 0.394. The molecule has 0 spiro atoms. The number of hydrogen-bond donors (Lipinski definition) is 3. The molecule has 1 saturated carbocycles. The Hall–Kier alpha value is -2.67. The Bertz CT molecular complexity index is 910. The van der Waals surface area contributed by atoms with Gasteiger partial charge in [-0.1, -0.05) is 0 Å². The number of H-pyrrole nitrogens is 1. The molecule has 0 bridgehead atoms. The van der Waals surface area contributed by atoms with Gasteiger partial charge in [-0.3, -0.25) is 5.10 Å². The van der Waals surface area contributed by atoms with Gasteiger partial charge in [-0.25, -0.2) is 14.6 Å². The molecule has 0 radical (unpaired) electrons. The van der Waals surface area contributed by atoms with Gasteiger partial charge in [-0.15, -0.1) is 11.3 Å². The molecule has 3 heterocycles. The molecule has 30 heavy (non-hydrogen) atoms. The van der Waals surface area contributed by atoms with E-state index in [1.807, 2.05) is 17.2 Å². The van der Waals surface area contributed by atoms with Crippen molar-refractivity contribution in [1.82, 2.24) is 25.4 Å². The van der Waals surface area contributed by atoms with E-state index in [1.54, 1.807) is 11.3 Å². The number of halogens is 3. The molecule has 2 amide bonds. The second kappa shape index (κ2) is 9.00. The zero-order valence-electron chi connectivity index (χ0n) is 16.0. The third-order valence-electron chi connectivity index (χ3n) is 4.33. The highest BCUT2D eigenvalue weighted by Gasteiger charge is 2.38. The monoisotopic (exact) mass is 447 g/mol. The molecule has 164 valence electrons. The fourth-order valence-corrected chi connectivity index (χ4v) is 3.28. The number of fused-ring (bicyclic) bond motifs is 1. The highest BCUT2D eigenvalue weighted by atomic mass is 32.1. The first-order valence-electron chi connectivity index (χ1n) is 9.02. The lowest BCUT2D eigenvalue weighted by Crippen LogP contribution is -2.37. The molecule has 13 heteroatoms. The Kier molecular flexibility index (Phi) is 6.61. The number of nitrogens with zero attached hydrogens (tertiary/aromatic N) is 3. The number of amides is 2. The fourth-order valence-electron chi connectivity index (χ4n) is 2.68. The molecule has 0 aromatic carbocycles. The van der Waals surface area contributed by atoms with Crippen LogP contribution in [0, 0.1) is 6.92 Å². The zero-order valence-corrected chi connectivity index (χ0v) is 16.8. The lowest BCUT2D eigenvalue weighted by atomic mass is 10.2. The van der Waals surface area contributed by atoms with Gasteiger partial charge in [0.05, 0.1) is 48.4 Å². The van der Waals surface area contributed by atoms with Crippen LogP contribution in [0.25, 0.3) is 0 Å². The van der Waals surface area contributed by atoms with Crippen molar-refractivity contribution in [2.24, 2.45) is 0 Å². The zero-order chi connectivity index (χ0) is 21.9. The molecule has 2 aromatic rings. The molecular formula is C17H20F3N5O4S. The highest BCUT2D eigenvalue weighted by molar-refractivity contribution is 7.09. The van der Waals surface area contributed by atoms with E-state index >= 15 is 0 Å². The van der Waals surface area contributed by atoms with Gasteiger partial charge >= 0.3 is 18.2 Å². The number of urea groups is 1. The van der Waals surface area contributed by atoms with Gasteiger partial charge in [0.15, 0.2) is 0 Å². The number of hydrogen-bond acceptors (Lipinski definition) is 6. The largest absolute Gasteiger partial charge is 0.490 e. The lowest BCUT2D eigenvalue weighted by Gasteiger charge is -2.16. The average molecular weight is 447 g/mol. The first-order chi connectivity index (χ1) is 14.1. The fraction of sp³-hybridized carbons (Fsp3) is 0.529. The Labute approximate surface area is 173 Å². The SMILES string of the molecule is Cc1nc(COCc2n[nH]c3c2CN(C(=O)NC2CC2)C3)cs1.O=C(O)C(F)(F)F. The molecule has 1 aliphatic carbocycles. The Balaban J connectivity index is 0.000000318.